The average molecular weight is 272 g/mol. The highest BCUT2D eigenvalue weighted by molar-refractivity contribution is 5.98. The third-order valence-electron chi connectivity index (χ3n) is 2.74. The van der Waals surface area contributed by atoms with E-state index in [2.05, 4.69) is 11.3 Å². The molecule has 0 saturated carbocycles. The van der Waals surface area contributed by atoms with Gasteiger partial charge in [-0.25, -0.2) is 4.79 Å². The third-order valence-corrected chi connectivity index (χ3v) is 2.74. The zero-order valence-electron chi connectivity index (χ0n) is 10.6. The Morgan fingerprint density at radius 3 is 2.58 bits per heavy atom. The first-order valence-electron chi connectivity index (χ1n) is 5.71. The van der Waals surface area contributed by atoms with Crippen molar-refractivity contribution in [3.63, 3.8) is 0 Å². The molecule has 106 valence electrons. The summed E-state index contributed by atoms with van der Waals surface area (Å²) in [5.41, 5.74) is -1.75. The van der Waals surface area contributed by atoms with Crippen LogP contribution in [0.25, 0.3) is 0 Å². The van der Waals surface area contributed by atoms with Gasteiger partial charge in [0.25, 0.3) is 0 Å². The van der Waals surface area contributed by atoms with Gasteiger partial charge in [0, 0.05) is 12.5 Å². The number of hydrogen-bond donors (Lipinski definition) is 1. The van der Waals surface area contributed by atoms with Crippen LogP contribution < -0.4 is 0 Å². The van der Waals surface area contributed by atoms with Crippen LogP contribution in [0.5, 0.6) is 0 Å². The van der Waals surface area contributed by atoms with E-state index in [0.717, 1.165) is 6.08 Å². The molecule has 0 aromatic carbocycles. The van der Waals surface area contributed by atoms with Crippen molar-refractivity contribution in [3.8, 4) is 0 Å². The molecule has 1 N–H and O–H groups in total. The average Bonchev–Trinajstić information content (AvgIpc) is 3.19. The van der Waals surface area contributed by atoms with Crippen LogP contribution in [0.2, 0.25) is 0 Å². The predicted molar refractivity (Wildman–Crippen MR) is 62.2 cm³/mol. The summed E-state index contributed by atoms with van der Waals surface area (Å²) < 4.78 is 14.4. The fourth-order valence-electron chi connectivity index (χ4n) is 1.20. The van der Waals surface area contributed by atoms with Gasteiger partial charge in [0.05, 0.1) is 13.2 Å². The maximum atomic E-state index is 11.8. The van der Waals surface area contributed by atoms with Crippen molar-refractivity contribution < 1.29 is 33.7 Å². The molecule has 2 unspecified atom stereocenters. The largest absolute Gasteiger partial charge is 0.480 e. The van der Waals surface area contributed by atoms with E-state index in [1.165, 1.54) is 6.92 Å². The van der Waals surface area contributed by atoms with E-state index in [9.17, 15) is 14.4 Å². The lowest BCUT2D eigenvalue weighted by atomic mass is 9.87. The second kappa shape index (κ2) is 6.33. The molecule has 1 fully saturated rings. The van der Waals surface area contributed by atoms with Crippen LogP contribution in [0, 0.1) is 5.41 Å². The van der Waals surface area contributed by atoms with Gasteiger partial charge in [0.15, 0.2) is 5.41 Å². The number of carboxylic acids is 1. The van der Waals surface area contributed by atoms with Crippen molar-refractivity contribution in [2.45, 2.75) is 19.4 Å². The Kier molecular flexibility index (Phi) is 5.05. The van der Waals surface area contributed by atoms with Crippen molar-refractivity contribution in [2.75, 3.05) is 19.8 Å². The number of carbonyl (C=O) groups excluding carboxylic acids is 2. The summed E-state index contributed by atoms with van der Waals surface area (Å²) in [6.45, 7) is 4.77. The van der Waals surface area contributed by atoms with Crippen LogP contribution in [0.3, 0.4) is 0 Å². The minimum atomic E-state index is -1.75. The normalized spacial score (nSPS) is 19.9. The maximum absolute atomic E-state index is 11.8. The molecule has 0 radical (unpaired) electrons. The van der Waals surface area contributed by atoms with E-state index in [0.29, 0.717) is 6.61 Å². The molecule has 7 nitrogen and oxygen atoms in total. The van der Waals surface area contributed by atoms with Crippen LogP contribution in [-0.4, -0.2) is 48.9 Å². The van der Waals surface area contributed by atoms with Crippen molar-refractivity contribution in [1.29, 1.82) is 0 Å². The number of ether oxygens (including phenoxy) is 3. The van der Waals surface area contributed by atoms with Crippen molar-refractivity contribution in [1.82, 2.24) is 0 Å². The summed E-state index contributed by atoms with van der Waals surface area (Å²) >= 11 is 0. The quantitative estimate of drug-likeness (QED) is 0.290. The first kappa shape index (κ1) is 15.2. The zero-order valence-corrected chi connectivity index (χ0v) is 10.6. The summed E-state index contributed by atoms with van der Waals surface area (Å²) in [6.07, 6.45) is 0.647. The molecule has 1 aliphatic rings. The summed E-state index contributed by atoms with van der Waals surface area (Å²) in [5, 5.41) is 9.11. The molecule has 0 aromatic rings. The van der Waals surface area contributed by atoms with E-state index >= 15 is 0 Å². The second-order valence-corrected chi connectivity index (χ2v) is 4.31. The van der Waals surface area contributed by atoms with Crippen LogP contribution in [0.15, 0.2) is 12.7 Å². The molecule has 2 atom stereocenters. The Bertz CT molecular complexity index is 386. The van der Waals surface area contributed by atoms with E-state index in [1.807, 2.05) is 0 Å². The fourth-order valence-corrected chi connectivity index (χ4v) is 1.20. The lowest BCUT2D eigenvalue weighted by molar-refractivity contribution is -0.170. The molecule has 0 amide bonds. The van der Waals surface area contributed by atoms with Gasteiger partial charge in [0.2, 0.25) is 0 Å². The summed E-state index contributed by atoms with van der Waals surface area (Å²) in [4.78, 5) is 33.8. The highest BCUT2D eigenvalue weighted by atomic mass is 16.6. The molecule has 1 aliphatic heterocycles. The fraction of sp³-hybridized carbons (Fsp3) is 0.583. The Morgan fingerprint density at radius 2 is 2.11 bits per heavy atom. The molecule has 7 heteroatoms. The van der Waals surface area contributed by atoms with Crippen LogP contribution >= 0.6 is 0 Å². The van der Waals surface area contributed by atoms with E-state index in [-0.39, 0.29) is 25.7 Å². The molecule has 0 aliphatic carbocycles. The molecule has 1 heterocycles. The highest BCUT2D eigenvalue weighted by Crippen LogP contribution is 2.25. The van der Waals surface area contributed by atoms with E-state index in [4.69, 9.17) is 14.6 Å². The molecule has 0 aromatic heterocycles. The third kappa shape index (κ3) is 4.36. The monoisotopic (exact) mass is 272 g/mol. The van der Waals surface area contributed by atoms with Gasteiger partial charge < -0.3 is 19.3 Å². The first-order valence-corrected chi connectivity index (χ1v) is 5.71. The zero-order chi connectivity index (χ0) is 14.5. The Morgan fingerprint density at radius 1 is 1.47 bits per heavy atom. The number of esters is 2. The molecular weight excluding hydrogens is 256 g/mol. The highest BCUT2D eigenvalue weighted by Gasteiger charge is 2.43. The Labute approximate surface area is 110 Å². The smallest absolute Gasteiger partial charge is 0.330 e. The van der Waals surface area contributed by atoms with Crippen LogP contribution in [0.1, 0.15) is 13.3 Å². The number of rotatable bonds is 8. The minimum absolute atomic E-state index is 0.0359. The van der Waals surface area contributed by atoms with Gasteiger partial charge >= 0.3 is 17.9 Å². The summed E-state index contributed by atoms with van der Waals surface area (Å²) in [5.74, 6) is -2.87. The first-order chi connectivity index (χ1) is 8.90. The van der Waals surface area contributed by atoms with E-state index < -0.39 is 23.3 Å². The standard InChI is InChI=1S/C12H16O7/c1-3-9(13)17-5-4-12(2,10(14)15)11(16)19-7-8-6-18-8/h3,8H,1,4-7H2,2H3,(H,14,15). The number of epoxide rings is 1. The molecule has 0 bridgehead atoms. The SMILES string of the molecule is C=CC(=O)OCCC(C)(C(=O)O)C(=O)OCC1CO1. The number of carbonyl (C=O) groups is 3. The van der Waals surface area contributed by atoms with Crippen molar-refractivity contribution >= 4 is 17.9 Å². The van der Waals surface area contributed by atoms with Gasteiger partial charge in [-0.3, -0.25) is 9.59 Å². The topological polar surface area (TPSA) is 102 Å². The molecule has 0 spiro atoms. The van der Waals surface area contributed by atoms with Crippen molar-refractivity contribution in [3.05, 3.63) is 12.7 Å². The Hall–Kier alpha value is -1.89. The molecule has 19 heavy (non-hydrogen) atoms. The summed E-state index contributed by atoms with van der Waals surface area (Å²) in [7, 11) is 0. The van der Waals surface area contributed by atoms with Crippen LogP contribution in [-0.2, 0) is 28.6 Å². The van der Waals surface area contributed by atoms with Gasteiger partial charge in [0.1, 0.15) is 12.7 Å². The molecule has 1 saturated heterocycles. The van der Waals surface area contributed by atoms with Crippen LogP contribution in [0.4, 0.5) is 0 Å². The predicted octanol–water partition coefficient (Wildman–Crippen LogP) is 0.139. The maximum Gasteiger partial charge on any atom is 0.330 e. The number of hydrogen-bond acceptors (Lipinski definition) is 6. The Balaban J connectivity index is 2.50. The lowest BCUT2D eigenvalue weighted by Crippen LogP contribution is -2.39. The second-order valence-electron chi connectivity index (χ2n) is 4.31. The van der Waals surface area contributed by atoms with Crippen molar-refractivity contribution in [2.24, 2.45) is 5.41 Å². The number of aliphatic carboxylic acids is 1. The van der Waals surface area contributed by atoms with E-state index in [1.54, 1.807) is 0 Å². The van der Waals surface area contributed by atoms with Gasteiger partial charge in [-0.1, -0.05) is 6.58 Å². The minimum Gasteiger partial charge on any atom is -0.480 e. The summed E-state index contributed by atoms with van der Waals surface area (Å²) in [6, 6.07) is 0. The van der Waals surface area contributed by atoms with Gasteiger partial charge in [-0.05, 0) is 6.92 Å². The van der Waals surface area contributed by atoms with Gasteiger partial charge in [-0.2, -0.15) is 0 Å². The number of carboxylic acid groups (broad SMARTS) is 1. The lowest BCUT2D eigenvalue weighted by Gasteiger charge is -2.22. The molecular formula is C12H16O7. The van der Waals surface area contributed by atoms with Gasteiger partial charge in [-0.15, -0.1) is 0 Å². The molecule has 1 rings (SSSR count).